The van der Waals surface area contributed by atoms with Gasteiger partial charge in [-0.1, -0.05) is 5.16 Å². The highest BCUT2D eigenvalue weighted by atomic mass is 19.4. The van der Waals surface area contributed by atoms with Crippen LogP contribution >= 0.6 is 0 Å². The van der Waals surface area contributed by atoms with Crippen LogP contribution in [-0.2, 0) is 10.9 Å². The average molecular weight is 359 g/mol. The number of alkyl halides is 3. The molecule has 1 aliphatic rings. The SMILES string of the molecule is O=[N+]([O-])c1cc(-c2noc(C(F)(F)F)n2)cnc1NC[C@@H]1CCCO1. The standard InChI is InChI=1S/C13H12F3N5O4/c14-13(15,16)12-19-10(20-25-12)7-4-9(21(22)23)11(17-5-7)18-6-8-2-1-3-24-8/h4-5,8H,1-3,6H2,(H,17,18)/t8-/m0/s1. The van der Waals surface area contributed by atoms with Crippen molar-refractivity contribution in [3.05, 3.63) is 28.3 Å². The molecule has 1 saturated heterocycles. The molecule has 3 rings (SSSR count). The number of hydrogen-bond acceptors (Lipinski definition) is 8. The predicted molar refractivity (Wildman–Crippen MR) is 76.6 cm³/mol. The summed E-state index contributed by atoms with van der Waals surface area (Å²) in [6.45, 7) is 0.980. The summed E-state index contributed by atoms with van der Waals surface area (Å²) in [5.41, 5.74) is -0.470. The molecule has 2 aromatic rings. The fourth-order valence-corrected chi connectivity index (χ4v) is 2.32. The lowest BCUT2D eigenvalue weighted by Crippen LogP contribution is -2.19. The monoisotopic (exact) mass is 359 g/mol. The van der Waals surface area contributed by atoms with Gasteiger partial charge in [0.15, 0.2) is 0 Å². The van der Waals surface area contributed by atoms with Crippen molar-refractivity contribution in [2.24, 2.45) is 0 Å². The number of aromatic nitrogens is 3. The first-order valence-electron chi connectivity index (χ1n) is 7.26. The first-order valence-corrected chi connectivity index (χ1v) is 7.26. The molecule has 0 aromatic carbocycles. The zero-order valence-electron chi connectivity index (χ0n) is 12.6. The van der Waals surface area contributed by atoms with Crippen LogP contribution in [0.15, 0.2) is 16.8 Å². The van der Waals surface area contributed by atoms with Gasteiger partial charge in [-0.15, -0.1) is 0 Å². The normalized spacial score (nSPS) is 17.6. The summed E-state index contributed by atoms with van der Waals surface area (Å²) in [6, 6.07) is 1.04. The second-order valence-corrected chi connectivity index (χ2v) is 5.29. The Hall–Kier alpha value is -2.76. The van der Waals surface area contributed by atoms with Gasteiger partial charge >= 0.3 is 17.8 Å². The smallest absolute Gasteiger partial charge is 0.376 e. The van der Waals surface area contributed by atoms with E-state index in [9.17, 15) is 23.3 Å². The summed E-state index contributed by atoms with van der Waals surface area (Å²) in [6.07, 6.45) is -1.97. The molecular weight excluding hydrogens is 347 g/mol. The molecule has 12 heteroatoms. The Morgan fingerprint density at radius 2 is 2.24 bits per heavy atom. The lowest BCUT2D eigenvalue weighted by Gasteiger charge is -2.11. The second-order valence-electron chi connectivity index (χ2n) is 5.29. The van der Waals surface area contributed by atoms with Crippen LogP contribution in [0.3, 0.4) is 0 Å². The molecular formula is C13H12F3N5O4. The van der Waals surface area contributed by atoms with E-state index in [-0.39, 0.29) is 17.5 Å². The lowest BCUT2D eigenvalue weighted by molar-refractivity contribution is -0.384. The maximum Gasteiger partial charge on any atom is 0.471 e. The Balaban J connectivity index is 1.83. The van der Waals surface area contributed by atoms with Gasteiger partial charge in [0.1, 0.15) is 0 Å². The maximum absolute atomic E-state index is 12.5. The highest BCUT2D eigenvalue weighted by Crippen LogP contribution is 2.31. The molecule has 25 heavy (non-hydrogen) atoms. The van der Waals surface area contributed by atoms with E-state index in [0.29, 0.717) is 13.2 Å². The van der Waals surface area contributed by atoms with E-state index >= 15 is 0 Å². The number of hydrogen-bond donors (Lipinski definition) is 1. The minimum atomic E-state index is -4.80. The summed E-state index contributed by atoms with van der Waals surface area (Å²) in [7, 11) is 0. The molecule has 0 radical (unpaired) electrons. The summed E-state index contributed by atoms with van der Waals surface area (Å²) in [5, 5.41) is 17.2. The summed E-state index contributed by atoms with van der Waals surface area (Å²) < 4.78 is 47.0. The number of nitro groups is 1. The van der Waals surface area contributed by atoms with Gasteiger partial charge in [-0.2, -0.15) is 18.2 Å². The highest BCUT2D eigenvalue weighted by Gasteiger charge is 2.38. The molecule has 0 spiro atoms. The Morgan fingerprint density at radius 3 is 2.84 bits per heavy atom. The number of pyridine rings is 1. The number of anilines is 1. The first kappa shape index (κ1) is 17.1. The van der Waals surface area contributed by atoms with Gasteiger partial charge in [0.2, 0.25) is 11.6 Å². The molecule has 9 nitrogen and oxygen atoms in total. The Bertz CT molecular complexity index is 773. The number of nitrogens with zero attached hydrogens (tertiary/aromatic N) is 4. The van der Waals surface area contributed by atoms with E-state index in [1.165, 1.54) is 0 Å². The van der Waals surface area contributed by atoms with Crippen molar-refractivity contribution in [2.45, 2.75) is 25.1 Å². The Morgan fingerprint density at radius 1 is 1.44 bits per heavy atom. The number of ether oxygens (including phenoxy) is 1. The van der Waals surface area contributed by atoms with Crippen molar-refractivity contribution in [1.82, 2.24) is 15.1 Å². The van der Waals surface area contributed by atoms with Gasteiger partial charge in [0.25, 0.3) is 0 Å². The maximum atomic E-state index is 12.5. The zero-order chi connectivity index (χ0) is 18.0. The minimum Gasteiger partial charge on any atom is -0.376 e. The van der Waals surface area contributed by atoms with E-state index in [1.54, 1.807) is 0 Å². The minimum absolute atomic E-state index is 0.0104. The number of rotatable bonds is 5. The van der Waals surface area contributed by atoms with E-state index in [0.717, 1.165) is 25.1 Å². The van der Waals surface area contributed by atoms with Gasteiger partial charge in [0.05, 0.1) is 11.0 Å². The van der Waals surface area contributed by atoms with Crippen molar-refractivity contribution < 1.29 is 27.4 Å². The van der Waals surface area contributed by atoms with Crippen molar-refractivity contribution in [3.63, 3.8) is 0 Å². The van der Waals surface area contributed by atoms with E-state index in [1.807, 2.05) is 0 Å². The third-order valence-corrected chi connectivity index (χ3v) is 3.51. The van der Waals surface area contributed by atoms with Crippen molar-refractivity contribution in [2.75, 3.05) is 18.5 Å². The number of halogens is 3. The van der Waals surface area contributed by atoms with Gasteiger partial charge in [-0.25, -0.2) is 4.98 Å². The molecule has 0 bridgehead atoms. The van der Waals surface area contributed by atoms with Gasteiger partial charge in [-0.05, 0) is 12.8 Å². The summed E-state index contributed by atoms with van der Waals surface area (Å²) in [5.74, 6) is -1.98. The van der Waals surface area contributed by atoms with E-state index in [4.69, 9.17) is 4.74 Å². The molecule has 0 saturated carbocycles. The summed E-state index contributed by atoms with van der Waals surface area (Å²) in [4.78, 5) is 17.6. The first-order chi connectivity index (χ1) is 11.8. The van der Waals surface area contributed by atoms with Crippen LogP contribution in [0.2, 0.25) is 0 Å². The van der Waals surface area contributed by atoms with E-state index in [2.05, 4.69) is 25.0 Å². The fraction of sp³-hybridized carbons (Fsp3) is 0.462. The van der Waals surface area contributed by atoms with Crippen LogP contribution in [0.1, 0.15) is 18.7 Å². The van der Waals surface area contributed by atoms with Crippen LogP contribution in [0, 0.1) is 10.1 Å². The van der Waals surface area contributed by atoms with Crippen LogP contribution in [-0.4, -0.2) is 39.3 Å². The third kappa shape index (κ3) is 3.84. The quantitative estimate of drug-likeness (QED) is 0.640. The van der Waals surface area contributed by atoms with Crippen molar-refractivity contribution >= 4 is 11.5 Å². The Labute approximate surface area is 138 Å². The van der Waals surface area contributed by atoms with Gasteiger partial charge < -0.3 is 14.6 Å². The Kier molecular flexibility index (Phi) is 4.53. The molecule has 2 aromatic heterocycles. The molecule has 0 amide bonds. The van der Waals surface area contributed by atoms with Crippen LogP contribution in [0.5, 0.6) is 0 Å². The highest BCUT2D eigenvalue weighted by molar-refractivity contribution is 5.65. The molecule has 1 aliphatic heterocycles. The summed E-state index contributed by atoms with van der Waals surface area (Å²) >= 11 is 0. The molecule has 1 N–H and O–H groups in total. The van der Waals surface area contributed by atoms with Crippen molar-refractivity contribution in [3.8, 4) is 11.4 Å². The zero-order valence-corrected chi connectivity index (χ0v) is 12.6. The largest absolute Gasteiger partial charge is 0.471 e. The van der Waals surface area contributed by atoms with Crippen molar-refractivity contribution in [1.29, 1.82) is 0 Å². The molecule has 1 atom stereocenters. The predicted octanol–water partition coefficient (Wildman–Crippen LogP) is 2.65. The third-order valence-electron chi connectivity index (χ3n) is 3.51. The molecule has 1 fully saturated rings. The molecule has 0 unspecified atom stereocenters. The average Bonchev–Trinajstić information content (AvgIpc) is 3.23. The fourth-order valence-electron chi connectivity index (χ4n) is 2.32. The molecule has 0 aliphatic carbocycles. The van der Waals surface area contributed by atoms with Crippen LogP contribution in [0.25, 0.3) is 11.4 Å². The van der Waals surface area contributed by atoms with E-state index < -0.39 is 28.5 Å². The van der Waals surface area contributed by atoms with Crippen LogP contribution in [0.4, 0.5) is 24.7 Å². The molecule has 3 heterocycles. The van der Waals surface area contributed by atoms with Gasteiger partial charge in [0, 0.05) is 31.0 Å². The molecule has 134 valence electrons. The van der Waals surface area contributed by atoms with Gasteiger partial charge in [-0.3, -0.25) is 10.1 Å². The number of nitrogens with one attached hydrogen (secondary N) is 1. The van der Waals surface area contributed by atoms with Crippen LogP contribution < -0.4 is 5.32 Å². The second kappa shape index (κ2) is 6.63. The topological polar surface area (TPSA) is 116 Å². The lowest BCUT2D eigenvalue weighted by atomic mass is 10.2.